The van der Waals surface area contributed by atoms with Gasteiger partial charge in [0.1, 0.15) is 17.2 Å². The molecule has 4 heterocycles. The first kappa shape index (κ1) is 33.0. The van der Waals surface area contributed by atoms with Crippen LogP contribution in [0.2, 0.25) is 0 Å². The van der Waals surface area contributed by atoms with E-state index in [4.69, 9.17) is 15.6 Å². The number of aromatic hydroxyl groups is 1. The van der Waals surface area contributed by atoms with Crippen molar-refractivity contribution < 1.29 is 57.0 Å². The maximum absolute atomic E-state index is 13.1. The zero-order valence-corrected chi connectivity index (χ0v) is 24.0. The summed E-state index contributed by atoms with van der Waals surface area (Å²) in [6, 6.07) is 9.09. The molecule has 1 aromatic heterocycles. The largest absolute Gasteiger partial charge is 0.543 e. The number of rotatable bonds is 7. The summed E-state index contributed by atoms with van der Waals surface area (Å²) in [5.41, 5.74) is 7.79. The molecule has 0 radical (unpaired) electrons. The topological polar surface area (TPSA) is 197 Å². The van der Waals surface area contributed by atoms with Crippen LogP contribution in [0.15, 0.2) is 71.7 Å². The number of alkyl halides is 3. The number of likely N-dealkylation sites (tertiary alicyclic amines) is 1. The summed E-state index contributed by atoms with van der Waals surface area (Å²) >= 11 is 1.36. The quantitative estimate of drug-likeness (QED) is 0.136. The van der Waals surface area contributed by atoms with Crippen LogP contribution in [-0.2, 0) is 37.1 Å². The van der Waals surface area contributed by atoms with Crippen LogP contribution >= 0.6 is 11.8 Å². The van der Waals surface area contributed by atoms with E-state index in [1.807, 2.05) is 6.07 Å². The molecule has 13 nitrogen and oxygen atoms in total. The summed E-state index contributed by atoms with van der Waals surface area (Å²) in [6.07, 6.45) is 0.458. The van der Waals surface area contributed by atoms with Crippen molar-refractivity contribution in [3.05, 3.63) is 77.3 Å². The number of benzene rings is 1. The van der Waals surface area contributed by atoms with Crippen molar-refractivity contribution in [3.8, 4) is 5.75 Å². The van der Waals surface area contributed by atoms with E-state index in [-0.39, 0.29) is 29.8 Å². The number of carboxylic acid groups (broad SMARTS) is 2. The van der Waals surface area contributed by atoms with Crippen molar-refractivity contribution in [2.24, 2.45) is 5.73 Å². The number of carboxylic acids is 2. The Morgan fingerprint density at radius 3 is 2.47 bits per heavy atom. The van der Waals surface area contributed by atoms with E-state index in [9.17, 15) is 42.6 Å². The molecule has 0 spiro atoms. The highest BCUT2D eigenvalue weighted by atomic mass is 32.2. The average Bonchev–Trinajstić information content (AvgIpc) is 3.31. The van der Waals surface area contributed by atoms with Gasteiger partial charge in [-0.25, -0.2) is 4.79 Å². The Hall–Kier alpha value is -4.90. The number of allylic oxidation sites excluding steroid dienone is 1. The van der Waals surface area contributed by atoms with Gasteiger partial charge in [0, 0.05) is 35.2 Å². The van der Waals surface area contributed by atoms with E-state index >= 15 is 0 Å². The molecule has 2 saturated heterocycles. The molecule has 17 heteroatoms. The van der Waals surface area contributed by atoms with Gasteiger partial charge in [-0.15, -0.1) is 11.8 Å². The molecule has 2 fully saturated rings. The SMILES string of the molecule is N[C@@H]1C(=O)N2C(C(=O)[O-])=C(C=C3CCN(Cc4ccc[n+](CC(=O)Nc5ccc(O)cc5)c4)C3=O)CS[C@H]12.O=C(O)C(F)(F)F. The number of thioether (sulfide) groups is 1. The fourth-order valence-electron chi connectivity index (χ4n) is 4.70. The van der Waals surface area contributed by atoms with Crippen molar-refractivity contribution in [1.29, 1.82) is 0 Å². The standard InChI is InChI=1S/C26H25N5O6S.C2HF3O2/c27-21-24(35)31-22(26(36)37)17(14-38-25(21)31)10-16-7-9-30(23(16)34)12-15-2-1-8-29(11-15)13-20(33)28-18-3-5-19(32)6-4-18;3-2(4,5)1(6)7/h1-6,8,10-11,21,25H,7,9,12-14,27H2,(H2-,28,32,33,36,37);(H,6,7)/t21-,25-;/m1./s1. The third-order valence-corrected chi connectivity index (χ3v) is 8.13. The molecular formula is C28H26F3N5O8S. The highest BCUT2D eigenvalue weighted by Crippen LogP contribution is 2.40. The molecule has 3 aliphatic heterocycles. The Morgan fingerprint density at radius 1 is 1.18 bits per heavy atom. The monoisotopic (exact) mass is 649 g/mol. The minimum Gasteiger partial charge on any atom is -0.543 e. The van der Waals surface area contributed by atoms with Gasteiger partial charge < -0.3 is 36.1 Å². The predicted octanol–water partition coefficient (Wildman–Crippen LogP) is -0.143. The molecule has 3 aliphatic rings. The molecule has 5 N–H and O–H groups in total. The number of carbonyl (C=O) groups is 5. The predicted molar refractivity (Wildman–Crippen MR) is 148 cm³/mol. The number of halogens is 3. The first-order valence-corrected chi connectivity index (χ1v) is 14.2. The van der Waals surface area contributed by atoms with Gasteiger partial charge in [0.2, 0.25) is 18.4 Å². The summed E-state index contributed by atoms with van der Waals surface area (Å²) in [5.74, 6) is -4.72. The van der Waals surface area contributed by atoms with Crippen LogP contribution in [-0.4, -0.2) is 79.6 Å². The Morgan fingerprint density at radius 2 is 1.84 bits per heavy atom. The second kappa shape index (κ2) is 13.4. The van der Waals surface area contributed by atoms with Gasteiger partial charge in [0.05, 0.1) is 18.2 Å². The third kappa shape index (κ3) is 7.79. The molecule has 2 atom stereocenters. The maximum atomic E-state index is 13.1. The van der Waals surface area contributed by atoms with Gasteiger partial charge in [0.25, 0.3) is 5.91 Å². The molecule has 0 bridgehead atoms. The molecule has 5 rings (SSSR count). The Labute approximate surface area is 257 Å². The molecule has 45 heavy (non-hydrogen) atoms. The number of phenolic OH excluding ortho intramolecular Hbond substituents is 1. The molecule has 0 saturated carbocycles. The number of aromatic nitrogens is 1. The Kier molecular flexibility index (Phi) is 9.82. The second-order valence-electron chi connectivity index (χ2n) is 10.0. The van der Waals surface area contributed by atoms with E-state index in [1.54, 1.807) is 46.1 Å². The number of anilines is 1. The zero-order chi connectivity index (χ0) is 33.1. The average molecular weight is 650 g/mol. The van der Waals surface area contributed by atoms with Crippen LogP contribution in [0.3, 0.4) is 0 Å². The number of hydrogen-bond donors (Lipinski definition) is 4. The van der Waals surface area contributed by atoms with Gasteiger partial charge in [0.15, 0.2) is 12.4 Å². The number of β-lactam (4-membered cyclic amide) rings is 1. The van der Waals surface area contributed by atoms with Crippen molar-refractivity contribution in [3.63, 3.8) is 0 Å². The summed E-state index contributed by atoms with van der Waals surface area (Å²) in [4.78, 5) is 61.2. The van der Waals surface area contributed by atoms with Gasteiger partial charge in [-0.1, -0.05) is 0 Å². The lowest BCUT2D eigenvalue weighted by molar-refractivity contribution is -0.684. The number of hydrogen-bond acceptors (Lipinski definition) is 9. The number of phenols is 1. The molecule has 1 aromatic carbocycles. The molecule has 2 aromatic rings. The van der Waals surface area contributed by atoms with Crippen LogP contribution < -0.4 is 20.7 Å². The minimum atomic E-state index is -5.08. The second-order valence-corrected chi connectivity index (χ2v) is 11.1. The fourth-order valence-corrected chi connectivity index (χ4v) is 5.95. The fraction of sp³-hybridized carbons (Fsp3) is 0.286. The Balaban J connectivity index is 0.000000591. The van der Waals surface area contributed by atoms with E-state index < -0.39 is 35.4 Å². The normalized spacial score (nSPS) is 20.3. The summed E-state index contributed by atoms with van der Waals surface area (Å²) in [7, 11) is 0. The van der Waals surface area contributed by atoms with Crippen molar-refractivity contribution in [1.82, 2.24) is 9.80 Å². The first-order valence-electron chi connectivity index (χ1n) is 13.2. The first-order chi connectivity index (χ1) is 21.1. The van der Waals surface area contributed by atoms with E-state index in [0.717, 1.165) is 10.5 Å². The van der Waals surface area contributed by atoms with Gasteiger partial charge in [-0.05, 0) is 48.4 Å². The van der Waals surface area contributed by atoms with E-state index in [0.29, 0.717) is 42.1 Å². The number of fused-ring (bicyclic) bond motifs is 1. The summed E-state index contributed by atoms with van der Waals surface area (Å²) in [5, 5.41) is 30.6. The van der Waals surface area contributed by atoms with E-state index in [2.05, 4.69) is 5.32 Å². The number of amides is 3. The third-order valence-electron chi connectivity index (χ3n) is 6.81. The number of nitrogens with two attached hydrogens (primary N) is 1. The van der Waals surface area contributed by atoms with Crippen molar-refractivity contribution in [2.75, 3.05) is 17.6 Å². The number of pyridine rings is 1. The molecule has 0 unspecified atom stereocenters. The van der Waals surface area contributed by atoms with Crippen LogP contribution in [0, 0.1) is 0 Å². The lowest BCUT2D eigenvalue weighted by Crippen LogP contribution is -2.69. The highest BCUT2D eigenvalue weighted by Gasteiger charge is 2.50. The summed E-state index contributed by atoms with van der Waals surface area (Å²) < 4.78 is 33.4. The van der Waals surface area contributed by atoms with Crippen molar-refractivity contribution >= 4 is 47.1 Å². The molecule has 238 valence electrons. The number of nitrogens with zero attached hydrogens (tertiary/aromatic N) is 3. The van der Waals surface area contributed by atoms with Crippen LogP contribution in [0.25, 0.3) is 0 Å². The highest BCUT2D eigenvalue weighted by molar-refractivity contribution is 8.00. The zero-order valence-electron chi connectivity index (χ0n) is 23.2. The van der Waals surface area contributed by atoms with E-state index in [1.165, 1.54) is 23.9 Å². The smallest absolute Gasteiger partial charge is 0.490 e. The maximum Gasteiger partial charge on any atom is 0.490 e. The van der Waals surface area contributed by atoms with Crippen LogP contribution in [0.1, 0.15) is 12.0 Å². The Bertz CT molecular complexity index is 1600. The number of aliphatic carboxylic acids is 2. The lowest BCUT2D eigenvalue weighted by Gasteiger charge is -2.49. The molecule has 0 aliphatic carbocycles. The van der Waals surface area contributed by atoms with Crippen molar-refractivity contribution in [2.45, 2.75) is 37.1 Å². The molecule has 3 amide bonds. The van der Waals surface area contributed by atoms with Gasteiger partial charge in [-0.2, -0.15) is 17.7 Å². The van der Waals surface area contributed by atoms with Gasteiger partial charge >= 0.3 is 12.1 Å². The van der Waals surface area contributed by atoms with Crippen LogP contribution in [0.4, 0.5) is 18.9 Å². The van der Waals surface area contributed by atoms with Gasteiger partial charge in [-0.3, -0.25) is 19.3 Å². The minimum absolute atomic E-state index is 0.0610. The number of nitrogens with one attached hydrogen (secondary N) is 1. The molecular weight excluding hydrogens is 623 g/mol. The lowest BCUT2D eigenvalue weighted by atomic mass is 10.0. The van der Waals surface area contributed by atoms with Crippen LogP contribution in [0.5, 0.6) is 5.75 Å². The summed E-state index contributed by atoms with van der Waals surface area (Å²) in [6.45, 7) is 0.836. The number of carbonyl (C=O) groups excluding carboxylic acids is 4.